The number of ether oxygens (including phenoxy) is 1. The van der Waals surface area contributed by atoms with E-state index in [-0.39, 0.29) is 11.8 Å². The van der Waals surface area contributed by atoms with E-state index in [2.05, 4.69) is 5.32 Å². The lowest BCUT2D eigenvalue weighted by Crippen LogP contribution is -2.27. The molecule has 0 aromatic heterocycles. The van der Waals surface area contributed by atoms with Gasteiger partial charge in [0, 0.05) is 17.4 Å². The summed E-state index contributed by atoms with van der Waals surface area (Å²) in [5, 5.41) is 2.96. The van der Waals surface area contributed by atoms with Crippen LogP contribution in [0.15, 0.2) is 24.3 Å². The number of hydrogen-bond acceptors (Lipinski definition) is 3. The molecule has 1 N–H and O–H groups in total. The van der Waals surface area contributed by atoms with Gasteiger partial charge in [-0.25, -0.2) is 0 Å². The van der Waals surface area contributed by atoms with Crippen molar-refractivity contribution in [1.82, 2.24) is 0 Å². The highest BCUT2D eigenvalue weighted by atomic mass is 32.2. The maximum atomic E-state index is 12.0. The van der Waals surface area contributed by atoms with E-state index in [4.69, 9.17) is 4.74 Å². The van der Waals surface area contributed by atoms with E-state index in [9.17, 15) is 4.79 Å². The van der Waals surface area contributed by atoms with E-state index < -0.39 is 0 Å². The van der Waals surface area contributed by atoms with Gasteiger partial charge in [0.2, 0.25) is 5.91 Å². The molecule has 1 fully saturated rings. The molecule has 0 spiro atoms. The molecule has 17 heavy (non-hydrogen) atoms. The summed E-state index contributed by atoms with van der Waals surface area (Å²) >= 11 is 1.87. The first-order valence-electron chi connectivity index (χ1n) is 5.82. The molecule has 0 aliphatic carbocycles. The molecule has 1 aromatic carbocycles. The van der Waals surface area contributed by atoms with E-state index in [0.29, 0.717) is 0 Å². The number of nitrogens with one attached hydrogen (secondary N) is 1. The molecule has 1 heterocycles. The Morgan fingerprint density at radius 3 is 2.76 bits per heavy atom. The summed E-state index contributed by atoms with van der Waals surface area (Å²) in [6.07, 6.45) is 2.15. The second kappa shape index (κ2) is 5.96. The largest absolute Gasteiger partial charge is 0.497 e. The molecular weight excluding hydrogens is 234 g/mol. The van der Waals surface area contributed by atoms with E-state index in [1.807, 2.05) is 36.0 Å². The zero-order valence-corrected chi connectivity index (χ0v) is 10.8. The number of thioether (sulfide) groups is 1. The first kappa shape index (κ1) is 12.3. The van der Waals surface area contributed by atoms with Gasteiger partial charge in [0.25, 0.3) is 0 Å². The maximum absolute atomic E-state index is 12.0. The molecule has 1 aliphatic heterocycles. The first-order chi connectivity index (χ1) is 8.29. The van der Waals surface area contributed by atoms with Crippen LogP contribution in [0.25, 0.3) is 0 Å². The van der Waals surface area contributed by atoms with Crippen molar-refractivity contribution in [3.8, 4) is 5.75 Å². The quantitative estimate of drug-likeness (QED) is 0.897. The molecule has 1 amide bonds. The third-order valence-corrected chi connectivity index (χ3v) is 4.10. The van der Waals surface area contributed by atoms with Crippen LogP contribution in [0.5, 0.6) is 5.75 Å². The van der Waals surface area contributed by atoms with Crippen LogP contribution in [0.1, 0.15) is 12.8 Å². The summed E-state index contributed by atoms with van der Waals surface area (Å²) in [6, 6.07) is 7.44. The van der Waals surface area contributed by atoms with Crippen LogP contribution in [0.4, 0.5) is 5.69 Å². The molecule has 1 atom stereocenters. The van der Waals surface area contributed by atoms with E-state index in [0.717, 1.165) is 30.0 Å². The van der Waals surface area contributed by atoms with Crippen molar-refractivity contribution in [2.45, 2.75) is 12.8 Å². The Morgan fingerprint density at radius 1 is 1.41 bits per heavy atom. The number of amides is 1. The number of carbonyl (C=O) groups is 1. The van der Waals surface area contributed by atoms with Crippen molar-refractivity contribution in [2.75, 3.05) is 23.9 Å². The van der Waals surface area contributed by atoms with Crippen LogP contribution in [0.3, 0.4) is 0 Å². The lowest BCUT2D eigenvalue weighted by Gasteiger charge is -2.20. The Bertz CT molecular complexity index is 372. The molecule has 1 unspecified atom stereocenters. The minimum atomic E-state index is 0.141. The third kappa shape index (κ3) is 3.40. The fourth-order valence-corrected chi connectivity index (χ4v) is 3.01. The second-order valence-electron chi connectivity index (χ2n) is 4.13. The number of anilines is 1. The highest BCUT2D eigenvalue weighted by Gasteiger charge is 2.21. The summed E-state index contributed by atoms with van der Waals surface area (Å²) < 4.78 is 5.07. The van der Waals surface area contributed by atoms with Gasteiger partial charge >= 0.3 is 0 Å². The average Bonchev–Trinajstić information content (AvgIpc) is 2.40. The number of benzene rings is 1. The highest BCUT2D eigenvalue weighted by molar-refractivity contribution is 7.99. The Morgan fingerprint density at radius 2 is 2.18 bits per heavy atom. The number of carbonyl (C=O) groups excluding carboxylic acids is 1. The van der Waals surface area contributed by atoms with Crippen LogP contribution in [0, 0.1) is 5.92 Å². The van der Waals surface area contributed by atoms with Crippen LogP contribution in [-0.4, -0.2) is 24.5 Å². The van der Waals surface area contributed by atoms with Gasteiger partial charge in [0.05, 0.1) is 7.11 Å². The van der Waals surface area contributed by atoms with E-state index in [1.165, 1.54) is 5.75 Å². The van der Waals surface area contributed by atoms with Crippen molar-refractivity contribution < 1.29 is 9.53 Å². The normalized spacial score (nSPS) is 19.7. The molecule has 0 radical (unpaired) electrons. The summed E-state index contributed by atoms with van der Waals surface area (Å²) in [4.78, 5) is 12.0. The molecule has 92 valence electrons. The smallest absolute Gasteiger partial charge is 0.228 e. The predicted molar refractivity (Wildman–Crippen MR) is 71.7 cm³/mol. The van der Waals surface area contributed by atoms with Gasteiger partial charge < -0.3 is 10.1 Å². The first-order valence-corrected chi connectivity index (χ1v) is 6.98. The molecule has 0 saturated carbocycles. The molecule has 3 nitrogen and oxygen atoms in total. The summed E-state index contributed by atoms with van der Waals surface area (Å²) in [5.41, 5.74) is 0.839. The number of hydrogen-bond donors (Lipinski definition) is 1. The summed E-state index contributed by atoms with van der Waals surface area (Å²) in [6.45, 7) is 0. The van der Waals surface area contributed by atoms with Gasteiger partial charge in [-0.1, -0.05) is 0 Å². The van der Waals surface area contributed by atoms with Gasteiger partial charge in [0.15, 0.2) is 0 Å². The van der Waals surface area contributed by atoms with Crippen molar-refractivity contribution >= 4 is 23.4 Å². The molecular formula is C13H17NO2S. The topological polar surface area (TPSA) is 38.3 Å². The summed E-state index contributed by atoms with van der Waals surface area (Å²) in [5.74, 6) is 3.24. The Labute approximate surface area is 106 Å². The fraction of sp³-hybridized carbons (Fsp3) is 0.462. The average molecular weight is 251 g/mol. The summed E-state index contributed by atoms with van der Waals surface area (Å²) in [7, 11) is 1.63. The molecule has 0 bridgehead atoms. The van der Waals surface area contributed by atoms with Crippen molar-refractivity contribution in [1.29, 1.82) is 0 Å². The van der Waals surface area contributed by atoms with Gasteiger partial charge in [0.1, 0.15) is 5.75 Å². The third-order valence-electron chi connectivity index (χ3n) is 2.89. The van der Waals surface area contributed by atoms with Gasteiger partial charge in [-0.2, -0.15) is 11.8 Å². The van der Waals surface area contributed by atoms with Crippen LogP contribution >= 0.6 is 11.8 Å². The minimum absolute atomic E-state index is 0.141. The van der Waals surface area contributed by atoms with Gasteiger partial charge in [-0.05, 0) is 42.9 Å². The molecule has 1 aliphatic rings. The maximum Gasteiger partial charge on any atom is 0.228 e. The monoisotopic (exact) mass is 251 g/mol. The number of rotatable bonds is 3. The van der Waals surface area contributed by atoms with Crippen LogP contribution < -0.4 is 10.1 Å². The lowest BCUT2D eigenvalue weighted by atomic mass is 10.0. The minimum Gasteiger partial charge on any atom is -0.497 e. The number of methoxy groups -OCH3 is 1. The lowest BCUT2D eigenvalue weighted by molar-refractivity contribution is -0.119. The van der Waals surface area contributed by atoms with Crippen LogP contribution in [-0.2, 0) is 4.79 Å². The molecule has 2 rings (SSSR count). The van der Waals surface area contributed by atoms with E-state index in [1.54, 1.807) is 7.11 Å². The van der Waals surface area contributed by atoms with Gasteiger partial charge in [-0.3, -0.25) is 4.79 Å². The zero-order chi connectivity index (χ0) is 12.1. The Kier molecular flexibility index (Phi) is 4.31. The van der Waals surface area contributed by atoms with Gasteiger partial charge in [-0.15, -0.1) is 0 Å². The van der Waals surface area contributed by atoms with Crippen molar-refractivity contribution in [3.63, 3.8) is 0 Å². The molecule has 1 saturated heterocycles. The molecule has 4 heteroatoms. The van der Waals surface area contributed by atoms with E-state index >= 15 is 0 Å². The van der Waals surface area contributed by atoms with Crippen molar-refractivity contribution in [2.24, 2.45) is 5.92 Å². The Balaban J connectivity index is 1.92. The van der Waals surface area contributed by atoms with Crippen LogP contribution in [0.2, 0.25) is 0 Å². The second-order valence-corrected chi connectivity index (χ2v) is 5.28. The fourth-order valence-electron chi connectivity index (χ4n) is 1.87. The predicted octanol–water partition coefficient (Wildman–Crippen LogP) is 2.78. The SMILES string of the molecule is COc1ccc(NC(=O)C2CCCSC2)cc1. The zero-order valence-electron chi connectivity index (χ0n) is 9.94. The highest BCUT2D eigenvalue weighted by Crippen LogP contribution is 2.24. The standard InChI is InChI=1S/C13H17NO2S/c1-16-12-6-4-11(5-7-12)14-13(15)10-3-2-8-17-9-10/h4-7,10H,2-3,8-9H2,1H3,(H,14,15). The molecule has 1 aromatic rings. The Hall–Kier alpha value is -1.16. The van der Waals surface area contributed by atoms with Crippen molar-refractivity contribution in [3.05, 3.63) is 24.3 Å².